The van der Waals surface area contributed by atoms with Crippen molar-refractivity contribution in [2.45, 2.75) is 45.2 Å². The van der Waals surface area contributed by atoms with Gasteiger partial charge in [0.15, 0.2) is 0 Å². The molecule has 3 unspecified atom stereocenters. The van der Waals surface area contributed by atoms with Crippen molar-refractivity contribution in [2.24, 2.45) is 5.92 Å². The number of rotatable bonds is 4. The maximum absolute atomic E-state index is 3.60. The van der Waals surface area contributed by atoms with Crippen molar-refractivity contribution >= 4 is 11.8 Å². The van der Waals surface area contributed by atoms with Gasteiger partial charge in [-0.2, -0.15) is 11.8 Å². The third kappa shape index (κ3) is 3.38. The van der Waals surface area contributed by atoms with Gasteiger partial charge in [0.1, 0.15) is 0 Å². The first kappa shape index (κ1) is 12.7. The van der Waals surface area contributed by atoms with Gasteiger partial charge in [0.25, 0.3) is 0 Å². The molecule has 0 aromatic rings. The summed E-state index contributed by atoms with van der Waals surface area (Å²) in [6, 6.07) is 1.55. The van der Waals surface area contributed by atoms with Crippen LogP contribution in [0.4, 0.5) is 0 Å². The minimum atomic E-state index is 0.772. The lowest BCUT2D eigenvalue weighted by atomic mass is 9.96. The van der Waals surface area contributed by atoms with Crippen LogP contribution in [-0.4, -0.2) is 48.1 Å². The largest absolute Gasteiger partial charge is 0.314 e. The van der Waals surface area contributed by atoms with Crippen molar-refractivity contribution in [2.75, 3.05) is 31.1 Å². The van der Waals surface area contributed by atoms with Crippen molar-refractivity contribution in [3.05, 3.63) is 0 Å². The molecule has 2 rings (SSSR count). The van der Waals surface area contributed by atoms with E-state index in [1.165, 1.54) is 43.9 Å². The number of piperidine rings is 1. The SMILES string of the molecule is CCNC1CCN(CC2CCSC2)C(C)C1. The van der Waals surface area contributed by atoms with E-state index in [-0.39, 0.29) is 0 Å². The van der Waals surface area contributed by atoms with Crippen LogP contribution < -0.4 is 5.32 Å². The lowest BCUT2D eigenvalue weighted by molar-refractivity contribution is 0.120. The van der Waals surface area contributed by atoms with E-state index in [1.807, 2.05) is 0 Å². The molecule has 16 heavy (non-hydrogen) atoms. The Morgan fingerprint density at radius 2 is 2.25 bits per heavy atom. The fourth-order valence-electron chi connectivity index (χ4n) is 3.02. The monoisotopic (exact) mass is 242 g/mol. The highest BCUT2D eigenvalue weighted by Gasteiger charge is 2.27. The van der Waals surface area contributed by atoms with Gasteiger partial charge in [-0.25, -0.2) is 0 Å². The van der Waals surface area contributed by atoms with E-state index in [4.69, 9.17) is 0 Å². The van der Waals surface area contributed by atoms with Gasteiger partial charge >= 0.3 is 0 Å². The van der Waals surface area contributed by atoms with Crippen LogP contribution in [0, 0.1) is 5.92 Å². The average Bonchev–Trinajstić information content (AvgIpc) is 2.75. The third-order valence-corrected chi connectivity index (χ3v) is 5.25. The molecule has 1 N–H and O–H groups in total. The van der Waals surface area contributed by atoms with Gasteiger partial charge < -0.3 is 10.2 Å². The summed E-state index contributed by atoms with van der Waals surface area (Å²) in [7, 11) is 0. The lowest BCUT2D eigenvalue weighted by Crippen LogP contribution is -2.48. The molecule has 2 aliphatic rings. The first-order valence-electron chi connectivity index (χ1n) is 6.84. The van der Waals surface area contributed by atoms with Gasteiger partial charge in [-0.1, -0.05) is 6.92 Å². The summed E-state index contributed by atoms with van der Waals surface area (Å²) in [4.78, 5) is 2.73. The molecule has 0 radical (unpaired) electrons. The van der Waals surface area contributed by atoms with Crippen LogP contribution in [0.15, 0.2) is 0 Å². The van der Waals surface area contributed by atoms with E-state index < -0.39 is 0 Å². The molecule has 0 aromatic carbocycles. The van der Waals surface area contributed by atoms with Crippen molar-refractivity contribution in [3.63, 3.8) is 0 Å². The topological polar surface area (TPSA) is 15.3 Å². The highest BCUT2D eigenvalue weighted by molar-refractivity contribution is 7.99. The van der Waals surface area contributed by atoms with Crippen LogP contribution in [0.25, 0.3) is 0 Å². The maximum atomic E-state index is 3.60. The summed E-state index contributed by atoms with van der Waals surface area (Å²) in [6.45, 7) is 8.40. The van der Waals surface area contributed by atoms with Gasteiger partial charge in [0.05, 0.1) is 0 Å². The van der Waals surface area contributed by atoms with Crippen molar-refractivity contribution in [1.82, 2.24) is 10.2 Å². The van der Waals surface area contributed by atoms with Crippen LogP contribution in [0.3, 0.4) is 0 Å². The van der Waals surface area contributed by atoms with E-state index in [0.29, 0.717) is 0 Å². The van der Waals surface area contributed by atoms with Crippen LogP contribution in [0.5, 0.6) is 0 Å². The summed E-state index contributed by atoms with van der Waals surface area (Å²) >= 11 is 2.14. The minimum absolute atomic E-state index is 0.772. The van der Waals surface area contributed by atoms with Crippen molar-refractivity contribution < 1.29 is 0 Å². The van der Waals surface area contributed by atoms with Gasteiger partial charge in [-0.3, -0.25) is 0 Å². The third-order valence-electron chi connectivity index (χ3n) is 4.02. The molecule has 0 spiro atoms. The summed E-state index contributed by atoms with van der Waals surface area (Å²) in [6.07, 6.45) is 4.14. The zero-order valence-electron chi connectivity index (χ0n) is 10.7. The van der Waals surface area contributed by atoms with E-state index >= 15 is 0 Å². The molecule has 2 heterocycles. The van der Waals surface area contributed by atoms with Crippen LogP contribution in [-0.2, 0) is 0 Å². The van der Waals surface area contributed by atoms with Crippen molar-refractivity contribution in [3.8, 4) is 0 Å². The van der Waals surface area contributed by atoms with Gasteiger partial charge in [0.2, 0.25) is 0 Å². The molecule has 2 nitrogen and oxygen atoms in total. The Hall–Kier alpha value is 0.270. The fourth-order valence-corrected chi connectivity index (χ4v) is 4.30. The van der Waals surface area contributed by atoms with E-state index in [9.17, 15) is 0 Å². The molecule has 3 atom stereocenters. The standard InChI is InChI=1S/C13H26N2S/c1-3-14-13-4-6-15(11(2)8-13)9-12-5-7-16-10-12/h11-14H,3-10H2,1-2H3. The number of nitrogens with one attached hydrogen (secondary N) is 1. The Bertz CT molecular complexity index is 204. The molecule has 0 bridgehead atoms. The Balaban J connectivity index is 1.74. The zero-order valence-corrected chi connectivity index (χ0v) is 11.6. The second-order valence-electron chi connectivity index (χ2n) is 5.35. The van der Waals surface area contributed by atoms with Gasteiger partial charge in [-0.05, 0) is 56.7 Å². The van der Waals surface area contributed by atoms with Gasteiger partial charge in [-0.15, -0.1) is 0 Å². The second-order valence-corrected chi connectivity index (χ2v) is 6.50. The van der Waals surface area contributed by atoms with Gasteiger partial charge in [0, 0.05) is 18.6 Å². The Morgan fingerprint density at radius 3 is 2.88 bits per heavy atom. The fraction of sp³-hybridized carbons (Fsp3) is 1.00. The zero-order chi connectivity index (χ0) is 11.4. The van der Waals surface area contributed by atoms with E-state index in [0.717, 1.165) is 24.5 Å². The van der Waals surface area contributed by atoms with Crippen LogP contribution in [0.1, 0.15) is 33.1 Å². The number of thioether (sulfide) groups is 1. The highest BCUT2D eigenvalue weighted by Crippen LogP contribution is 2.26. The van der Waals surface area contributed by atoms with Crippen molar-refractivity contribution in [1.29, 1.82) is 0 Å². The molecule has 0 aliphatic carbocycles. The number of likely N-dealkylation sites (tertiary alicyclic amines) is 1. The number of nitrogens with zero attached hydrogens (tertiary/aromatic N) is 1. The molecule has 0 amide bonds. The minimum Gasteiger partial charge on any atom is -0.314 e. The summed E-state index contributed by atoms with van der Waals surface area (Å²) < 4.78 is 0. The molecular formula is C13H26N2S. The summed E-state index contributed by atoms with van der Waals surface area (Å²) in [5.74, 6) is 3.77. The molecule has 2 saturated heterocycles. The molecule has 2 aliphatic heterocycles. The van der Waals surface area contributed by atoms with Crippen LogP contribution >= 0.6 is 11.8 Å². The average molecular weight is 242 g/mol. The molecular weight excluding hydrogens is 216 g/mol. The molecule has 94 valence electrons. The second kappa shape index (κ2) is 6.27. The summed E-state index contributed by atoms with van der Waals surface area (Å²) in [5, 5.41) is 3.60. The smallest absolute Gasteiger partial charge is 0.00939 e. The summed E-state index contributed by atoms with van der Waals surface area (Å²) in [5.41, 5.74) is 0. The lowest BCUT2D eigenvalue weighted by Gasteiger charge is -2.39. The quantitative estimate of drug-likeness (QED) is 0.814. The molecule has 3 heteroatoms. The molecule has 0 saturated carbocycles. The van der Waals surface area contributed by atoms with E-state index in [1.54, 1.807) is 0 Å². The Morgan fingerprint density at radius 1 is 1.38 bits per heavy atom. The number of hydrogen-bond acceptors (Lipinski definition) is 3. The maximum Gasteiger partial charge on any atom is 0.00939 e. The van der Waals surface area contributed by atoms with E-state index in [2.05, 4.69) is 35.8 Å². The van der Waals surface area contributed by atoms with Crippen LogP contribution in [0.2, 0.25) is 0 Å². The number of hydrogen-bond donors (Lipinski definition) is 1. The predicted molar refractivity (Wildman–Crippen MR) is 73.2 cm³/mol. The Labute approximate surface area is 105 Å². The Kier molecular flexibility index (Phi) is 4.98. The molecule has 0 aromatic heterocycles. The highest BCUT2D eigenvalue weighted by atomic mass is 32.2. The normalized spacial score (nSPS) is 36.8. The predicted octanol–water partition coefficient (Wildman–Crippen LogP) is 2.20. The first-order valence-corrected chi connectivity index (χ1v) is 8.00. The molecule has 2 fully saturated rings. The first-order chi connectivity index (χ1) is 7.79.